The number of hydrogen-bond acceptors (Lipinski definition) is 3. The Morgan fingerprint density at radius 2 is 2.22 bits per heavy atom. The van der Waals surface area contributed by atoms with Crippen molar-refractivity contribution >= 4 is 11.7 Å². The number of nitrogens with zero attached hydrogens (tertiary/aromatic N) is 1. The Kier molecular flexibility index (Phi) is 5.89. The number of aliphatic hydroxyl groups is 1. The van der Waals surface area contributed by atoms with E-state index >= 15 is 0 Å². The van der Waals surface area contributed by atoms with Crippen LogP contribution in [0.5, 0.6) is 0 Å². The second kappa shape index (κ2) is 7.46. The highest BCUT2D eigenvalue weighted by atomic mass is 16.2. The summed E-state index contributed by atoms with van der Waals surface area (Å²) >= 11 is 0. The van der Waals surface area contributed by atoms with Crippen LogP contribution in [-0.4, -0.2) is 22.6 Å². The summed E-state index contributed by atoms with van der Waals surface area (Å²) in [6.45, 7) is 3.80. The number of rotatable bonds is 4. The van der Waals surface area contributed by atoms with E-state index in [2.05, 4.69) is 22.1 Å². The fraction of sp³-hybridized carbons (Fsp3) is 0.429. The predicted molar refractivity (Wildman–Crippen MR) is 70.9 cm³/mol. The molecule has 0 bridgehead atoms. The SMILES string of the molecule is CCC(CC)C(=O)Nc1cc(C#CCO)ccn1. The topological polar surface area (TPSA) is 62.2 Å². The summed E-state index contributed by atoms with van der Waals surface area (Å²) in [5, 5.41) is 11.4. The molecule has 0 aliphatic carbocycles. The van der Waals surface area contributed by atoms with Crippen molar-refractivity contribution in [2.45, 2.75) is 26.7 Å². The van der Waals surface area contributed by atoms with E-state index in [9.17, 15) is 4.79 Å². The van der Waals surface area contributed by atoms with E-state index in [-0.39, 0.29) is 18.4 Å². The lowest BCUT2D eigenvalue weighted by molar-refractivity contribution is -0.120. The first-order valence-corrected chi connectivity index (χ1v) is 6.07. The van der Waals surface area contributed by atoms with Crippen LogP contribution in [0.25, 0.3) is 0 Å². The van der Waals surface area contributed by atoms with Gasteiger partial charge >= 0.3 is 0 Å². The molecule has 0 unspecified atom stereocenters. The molecule has 0 aromatic carbocycles. The minimum absolute atomic E-state index is 0.0129. The second-order valence-corrected chi connectivity index (χ2v) is 3.89. The quantitative estimate of drug-likeness (QED) is 0.796. The highest BCUT2D eigenvalue weighted by Gasteiger charge is 2.14. The summed E-state index contributed by atoms with van der Waals surface area (Å²) in [6.07, 6.45) is 3.21. The molecular weight excluding hydrogens is 228 g/mol. The normalized spacial score (nSPS) is 9.78. The average molecular weight is 246 g/mol. The van der Waals surface area contributed by atoms with Crippen molar-refractivity contribution in [1.29, 1.82) is 0 Å². The average Bonchev–Trinajstić information content (AvgIpc) is 2.38. The molecule has 0 saturated carbocycles. The summed E-state index contributed by atoms with van der Waals surface area (Å²) in [7, 11) is 0. The van der Waals surface area contributed by atoms with Gasteiger partial charge in [-0.15, -0.1) is 0 Å². The Labute approximate surface area is 107 Å². The van der Waals surface area contributed by atoms with E-state index in [0.717, 1.165) is 18.4 Å². The third kappa shape index (κ3) is 4.19. The van der Waals surface area contributed by atoms with Gasteiger partial charge in [0, 0.05) is 17.7 Å². The summed E-state index contributed by atoms with van der Waals surface area (Å²) in [5.74, 6) is 5.82. The van der Waals surface area contributed by atoms with Crippen molar-refractivity contribution in [1.82, 2.24) is 4.98 Å². The van der Waals surface area contributed by atoms with E-state index < -0.39 is 0 Å². The molecule has 0 radical (unpaired) electrons. The van der Waals surface area contributed by atoms with Gasteiger partial charge in [-0.25, -0.2) is 4.98 Å². The Morgan fingerprint density at radius 3 is 2.83 bits per heavy atom. The molecular formula is C14H18N2O2. The lowest BCUT2D eigenvalue weighted by Gasteiger charge is -2.12. The van der Waals surface area contributed by atoms with Gasteiger partial charge < -0.3 is 10.4 Å². The second-order valence-electron chi connectivity index (χ2n) is 3.89. The van der Waals surface area contributed by atoms with Gasteiger partial charge in [0.25, 0.3) is 0 Å². The van der Waals surface area contributed by atoms with Gasteiger partial charge in [0.15, 0.2) is 0 Å². The monoisotopic (exact) mass is 246 g/mol. The Morgan fingerprint density at radius 1 is 1.50 bits per heavy atom. The van der Waals surface area contributed by atoms with Crippen LogP contribution in [0.2, 0.25) is 0 Å². The standard InChI is InChI=1S/C14H18N2O2/c1-3-12(4-2)14(18)16-13-10-11(6-5-9-17)7-8-15-13/h7-8,10,12,17H,3-4,9H2,1-2H3,(H,15,16,18). The van der Waals surface area contributed by atoms with Gasteiger partial charge in [0.1, 0.15) is 12.4 Å². The molecule has 1 aromatic rings. The molecule has 1 aromatic heterocycles. The first kappa shape index (κ1) is 14.2. The molecule has 1 heterocycles. The molecule has 0 saturated heterocycles. The third-order valence-corrected chi connectivity index (χ3v) is 2.68. The van der Waals surface area contributed by atoms with Gasteiger partial charge in [-0.2, -0.15) is 0 Å². The Hall–Kier alpha value is -1.86. The predicted octanol–water partition coefficient (Wildman–Crippen LogP) is 1.80. The molecule has 4 heteroatoms. The van der Waals surface area contributed by atoms with Crippen molar-refractivity contribution in [2.24, 2.45) is 5.92 Å². The fourth-order valence-electron chi connectivity index (χ4n) is 1.61. The van der Waals surface area contributed by atoms with Crippen LogP contribution in [0.3, 0.4) is 0 Å². The molecule has 96 valence electrons. The van der Waals surface area contributed by atoms with Crippen LogP contribution in [0, 0.1) is 17.8 Å². The number of aromatic nitrogens is 1. The number of hydrogen-bond donors (Lipinski definition) is 2. The molecule has 18 heavy (non-hydrogen) atoms. The molecule has 0 spiro atoms. The third-order valence-electron chi connectivity index (χ3n) is 2.68. The highest BCUT2D eigenvalue weighted by molar-refractivity contribution is 5.91. The van der Waals surface area contributed by atoms with Gasteiger partial charge in [-0.1, -0.05) is 25.7 Å². The number of anilines is 1. The number of amides is 1. The van der Waals surface area contributed by atoms with Crippen molar-refractivity contribution in [3.8, 4) is 11.8 Å². The molecule has 4 nitrogen and oxygen atoms in total. The van der Waals surface area contributed by atoms with Crippen LogP contribution in [-0.2, 0) is 4.79 Å². The summed E-state index contributed by atoms with van der Waals surface area (Å²) in [5.41, 5.74) is 0.721. The minimum atomic E-state index is -0.183. The van der Waals surface area contributed by atoms with Gasteiger partial charge in [0.2, 0.25) is 5.91 Å². The zero-order valence-corrected chi connectivity index (χ0v) is 10.7. The van der Waals surface area contributed by atoms with Crippen molar-refractivity contribution < 1.29 is 9.90 Å². The maximum Gasteiger partial charge on any atom is 0.228 e. The van der Waals surface area contributed by atoms with E-state index in [1.54, 1.807) is 18.3 Å². The first-order valence-electron chi connectivity index (χ1n) is 6.07. The lowest BCUT2D eigenvalue weighted by atomic mass is 10.0. The number of carbonyl (C=O) groups excluding carboxylic acids is 1. The van der Waals surface area contributed by atoms with Crippen LogP contribution < -0.4 is 5.32 Å². The molecule has 2 N–H and O–H groups in total. The lowest BCUT2D eigenvalue weighted by Crippen LogP contribution is -2.22. The molecule has 1 amide bonds. The molecule has 0 atom stereocenters. The zero-order chi connectivity index (χ0) is 13.4. The molecule has 1 rings (SSSR count). The number of pyridine rings is 1. The van der Waals surface area contributed by atoms with Crippen LogP contribution in [0.1, 0.15) is 32.3 Å². The first-order chi connectivity index (χ1) is 8.71. The van der Waals surface area contributed by atoms with Gasteiger partial charge in [-0.05, 0) is 25.0 Å². The largest absolute Gasteiger partial charge is 0.384 e. The number of nitrogens with one attached hydrogen (secondary N) is 1. The van der Waals surface area contributed by atoms with Crippen LogP contribution in [0.15, 0.2) is 18.3 Å². The fourth-order valence-corrected chi connectivity index (χ4v) is 1.61. The Bertz CT molecular complexity index is 456. The van der Waals surface area contributed by atoms with Crippen molar-refractivity contribution in [3.05, 3.63) is 23.9 Å². The van der Waals surface area contributed by atoms with E-state index in [0.29, 0.717) is 5.82 Å². The molecule has 0 aliphatic rings. The summed E-state index contributed by atoms with van der Waals surface area (Å²) in [6, 6.07) is 3.43. The zero-order valence-electron chi connectivity index (χ0n) is 10.7. The Balaban J connectivity index is 2.76. The number of carbonyl (C=O) groups is 1. The van der Waals surface area contributed by atoms with Crippen LogP contribution in [0.4, 0.5) is 5.82 Å². The van der Waals surface area contributed by atoms with E-state index in [4.69, 9.17) is 5.11 Å². The summed E-state index contributed by atoms with van der Waals surface area (Å²) < 4.78 is 0. The van der Waals surface area contributed by atoms with Crippen LogP contribution >= 0.6 is 0 Å². The smallest absolute Gasteiger partial charge is 0.228 e. The van der Waals surface area contributed by atoms with E-state index in [1.165, 1.54) is 0 Å². The number of aliphatic hydroxyl groups excluding tert-OH is 1. The minimum Gasteiger partial charge on any atom is -0.384 e. The highest BCUT2D eigenvalue weighted by Crippen LogP contribution is 2.12. The maximum atomic E-state index is 11.9. The maximum absolute atomic E-state index is 11.9. The van der Waals surface area contributed by atoms with Gasteiger partial charge in [0.05, 0.1) is 0 Å². The molecule has 0 aliphatic heterocycles. The van der Waals surface area contributed by atoms with Crippen molar-refractivity contribution in [3.63, 3.8) is 0 Å². The van der Waals surface area contributed by atoms with Gasteiger partial charge in [-0.3, -0.25) is 4.79 Å². The molecule has 0 fully saturated rings. The van der Waals surface area contributed by atoms with Crippen molar-refractivity contribution in [2.75, 3.05) is 11.9 Å². The van der Waals surface area contributed by atoms with E-state index in [1.807, 2.05) is 13.8 Å². The summed E-state index contributed by atoms with van der Waals surface area (Å²) in [4.78, 5) is 15.9.